The Morgan fingerprint density at radius 2 is 0.518 bits per heavy atom. The molecule has 1 atom stereocenters. The molecular weight excluding hydrogens is 1020 g/mol. The standard InChI is InChI=1S/C77H122O6/c1-4-7-10-13-16-19-22-25-28-30-32-33-34-35-36-37-38-39-40-41-42-43-45-46-49-52-55-58-61-64-67-70-76(79)82-73-74(72-81-75(78)69-66-63-60-57-54-51-48-27-24-21-18-15-12-9-6-3)83-77(80)71-68-65-62-59-56-53-50-47-44-31-29-26-23-20-17-14-11-8-5-2/h7,9-10,12,16,18-19,21,25-29,32-33,35-36,38-39,41-42,45-46,48,54,57,63,66,74H,4-6,8,11,13-15,17,20,22-24,30-31,34,37,40,43-44,47,49-53,55-56,58-62,64-65,67-73H2,1-3H3/b10-7-,12-9-,19-16-,21-18-,28-25-,29-26-,33-32-,36-35-,39-38-,42-41-,46-45-,48-27-,57-54-,66-63-. The van der Waals surface area contributed by atoms with Gasteiger partial charge >= 0.3 is 17.9 Å². The SMILES string of the molecule is CC/C=C\C/C=C\C/C=C\C/C=C\C/C=C\C/C=C\C/C=C\C/C=C\CCCCCCCCC(=O)OCC(COC(=O)C/C=C\C/C=C\C/C=C\C/C=C\C/C=C\CC)OC(=O)CCCCCCCCCCC/C=C\CCCCCCCC. The van der Waals surface area contributed by atoms with Crippen LogP contribution in [0.1, 0.15) is 278 Å². The highest BCUT2D eigenvalue weighted by molar-refractivity contribution is 5.72. The highest BCUT2D eigenvalue weighted by Crippen LogP contribution is 2.15. The highest BCUT2D eigenvalue weighted by atomic mass is 16.6. The van der Waals surface area contributed by atoms with Crippen molar-refractivity contribution in [1.82, 2.24) is 0 Å². The Morgan fingerprint density at radius 3 is 0.855 bits per heavy atom. The van der Waals surface area contributed by atoms with E-state index in [2.05, 4.69) is 179 Å². The molecule has 0 aromatic heterocycles. The molecule has 83 heavy (non-hydrogen) atoms. The number of carbonyl (C=O) groups excluding carboxylic acids is 3. The first-order valence-corrected chi connectivity index (χ1v) is 33.6. The van der Waals surface area contributed by atoms with Crippen molar-refractivity contribution in [2.75, 3.05) is 13.2 Å². The van der Waals surface area contributed by atoms with Crippen LogP contribution < -0.4 is 0 Å². The smallest absolute Gasteiger partial charge is 0.309 e. The Bertz CT molecular complexity index is 1890. The lowest BCUT2D eigenvalue weighted by molar-refractivity contribution is -0.166. The molecule has 0 heterocycles. The number of unbranched alkanes of at least 4 members (excludes halogenated alkanes) is 21. The summed E-state index contributed by atoms with van der Waals surface area (Å²) in [6, 6.07) is 0. The number of hydrogen-bond acceptors (Lipinski definition) is 6. The maximum Gasteiger partial charge on any atom is 0.309 e. The van der Waals surface area contributed by atoms with Crippen LogP contribution in [0.2, 0.25) is 0 Å². The van der Waals surface area contributed by atoms with Crippen molar-refractivity contribution >= 4 is 17.9 Å². The number of allylic oxidation sites excluding steroid dienone is 27. The Hall–Kier alpha value is -5.23. The zero-order valence-corrected chi connectivity index (χ0v) is 53.4. The minimum absolute atomic E-state index is 0.117. The van der Waals surface area contributed by atoms with Crippen LogP contribution in [0.3, 0.4) is 0 Å². The minimum atomic E-state index is -0.835. The minimum Gasteiger partial charge on any atom is -0.462 e. The Labute approximate surface area is 511 Å². The predicted octanol–water partition coefficient (Wildman–Crippen LogP) is 23.4. The number of hydrogen-bond donors (Lipinski definition) is 0. The second-order valence-corrected chi connectivity index (χ2v) is 21.6. The molecule has 0 aliphatic heterocycles. The molecule has 0 aliphatic rings. The van der Waals surface area contributed by atoms with Gasteiger partial charge in [-0.25, -0.2) is 0 Å². The summed E-state index contributed by atoms with van der Waals surface area (Å²) in [6.07, 6.45) is 102. The van der Waals surface area contributed by atoms with E-state index in [9.17, 15) is 14.4 Å². The van der Waals surface area contributed by atoms with Gasteiger partial charge in [0, 0.05) is 12.8 Å². The summed E-state index contributed by atoms with van der Waals surface area (Å²) >= 11 is 0. The summed E-state index contributed by atoms with van der Waals surface area (Å²) < 4.78 is 16.8. The van der Waals surface area contributed by atoms with E-state index in [-0.39, 0.29) is 31.6 Å². The van der Waals surface area contributed by atoms with Crippen molar-refractivity contribution in [2.24, 2.45) is 0 Å². The van der Waals surface area contributed by atoms with Gasteiger partial charge in [-0.15, -0.1) is 0 Å². The van der Waals surface area contributed by atoms with E-state index >= 15 is 0 Å². The lowest BCUT2D eigenvalue weighted by Crippen LogP contribution is -2.30. The van der Waals surface area contributed by atoms with Crippen molar-refractivity contribution < 1.29 is 28.6 Å². The lowest BCUT2D eigenvalue weighted by Gasteiger charge is -2.18. The van der Waals surface area contributed by atoms with E-state index in [1.807, 2.05) is 6.08 Å². The summed E-state index contributed by atoms with van der Waals surface area (Å²) in [4.78, 5) is 38.3. The fourth-order valence-electron chi connectivity index (χ4n) is 8.76. The number of ether oxygens (including phenoxy) is 3. The fraction of sp³-hybridized carbons (Fsp3) is 0.597. The molecule has 466 valence electrons. The van der Waals surface area contributed by atoms with Gasteiger partial charge in [0.15, 0.2) is 6.10 Å². The average Bonchev–Trinajstić information content (AvgIpc) is 3.49. The molecule has 0 rings (SSSR count). The van der Waals surface area contributed by atoms with Gasteiger partial charge in [-0.2, -0.15) is 0 Å². The van der Waals surface area contributed by atoms with Crippen LogP contribution in [0, 0.1) is 0 Å². The molecule has 0 radical (unpaired) electrons. The third kappa shape index (κ3) is 67.4. The second-order valence-electron chi connectivity index (χ2n) is 21.6. The monoisotopic (exact) mass is 1140 g/mol. The molecule has 0 aliphatic carbocycles. The van der Waals surface area contributed by atoms with Gasteiger partial charge in [0.25, 0.3) is 0 Å². The van der Waals surface area contributed by atoms with Crippen molar-refractivity contribution in [2.45, 2.75) is 284 Å². The average molecular weight is 1140 g/mol. The first-order valence-electron chi connectivity index (χ1n) is 33.6. The van der Waals surface area contributed by atoms with E-state index in [0.29, 0.717) is 12.8 Å². The zero-order chi connectivity index (χ0) is 59.9. The maximum absolute atomic E-state index is 12.9. The largest absolute Gasteiger partial charge is 0.462 e. The van der Waals surface area contributed by atoms with E-state index in [4.69, 9.17) is 14.2 Å². The van der Waals surface area contributed by atoms with Gasteiger partial charge < -0.3 is 14.2 Å². The highest BCUT2D eigenvalue weighted by Gasteiger charge is 2.19. The van der Waals surface area contributed by atoms with Crippen LogP contribution in [-0.2, 0) is 28.6 Å². The Balaban J connectivity index is 4.45. The quantitative estimate of drug-likeness (QED) is 0.0261. The zero-order valence-electron chi connectivity index (χ0n) is 53.4. The fourth-order valence-corrected chi connectivity index (χ4v) is 8.76. The summed E-state index contributed by atoms with van der Waals surface area (Å²) in [5.41, 5.74) is 0. The first-order chi connectivity index (χ1) is 41.0. The van der Waals surface area contributed by atoms with Crippen LogP contribution in [0.15, 0.2) is 170 Å². The number of esters is 3. The molecule has 0 bridgehead atoms. The first kappa shape index (κ1) is 77.8. The third-order valence-corrected chi connectivity index (χ3v) is 13.7. The van der Waals surface area contributed by atoms with Crippen molar-refractivity contribution in [3.8, 4) is 0 Å². The van der Waals surface area contributed by atoms with E-state index in [0.717, 1.165) is 135 Å². The van der Waals surface area contributed by atoms with E-state index in [1.54, 1.807) is 6.08 Å². The van der Waals surface area contributed by atoms with Gasteiger partial charge in [0.1, 0.15) is 13.2 Å². The molecule has 0 aromatic carbocycles. The summed E-state index contributed by atoms with van der Waals surface area (Å²) in [7, 11) is 0. The Kier molecular flexibility index (Phi) is 64.9. The topological polar surface area (TPSA) is 78.9 Å². The number of rotatable bonds is 59. The van der Waals surface area contributed by atoms with Crippen molar-refractivity contribution in [3.63, 3.8) is 0 Å². The van der Waals surface area contributed by atoms with Gasteiger partial charge in [-0.05, 0) is 135 Å². The summed E-state index contributed by atoms with van der Waals surface area (Å²) in [6.45, 7) is 6.31. The van der Waals surface area contributed by atoms with Gasteiger partial charge in [0.05, 0.1) is 6.42 Å². The van der Waals surface area contributed by atoms with Gasteiger partial charge in [0.2, 0.25) is 0 Å². The lowest BCUT2D eigenvalue weighted by atomic mass is 10.1. The Morgan fingerprint density at radius 1 is 0.265 bits per heavy atom. The summed E-state index contributed by atoms with van der Waals surface area (Å²) in [5.74, 6) is -1.07. The van der Waals surface area contributed by atoms with Gasteiger partial charge in [-0.3, -0.25) is 14.4 Å². The van der Waals surface area contributed by atoms with E-state index in [1.165, 1.54) is 103 Å². The summed E-state index contributed by atoms with van der Waals surface area (Å²) in [5, 5.41) is 0. The van der Waals surface area contributed by atoms with Gasteiger partial charge in [-0.1, -0.05) is 294 Å². The third-order valence-electron chi connectivity index (χ3n) is 13.7. The molecule has 1 unspecified atom stereocenters. The normalized spacial score (nSPS) is 13.2. The van der Waals surface area contributed by atoms with Crippen LogP contribution in [-0.4, -0.2) is 37.2 Å². The number of carbonyl (C=O) groups is 3. The molecular formula is C77H122O6. The van der Waals surface area contributed by atoms with E-state index < -0.39 is 12.1 Å². The molecule has 6 heteroatoms. The van der Waals surface area contributed by atoms with Crippen LogP contribution >= 0.6 is 0 Å². The molecule has 0 spiro atoms. The molecule has 0 saturated heterocycles. The van der Waals surface area contributed by atoms with Crippen molar-refractivity contribution in [3.05, 3.63) is 170 Å². The molecule has 0 amide bonds. The molecule has 0 aromatic rings. The van der Waals surface area contributed by atoms with Crippen molar-refractivity contribution in [1.29, 1.82) is 0 Å². The van der Waals surface area contributed by atoms with Crippen LogP contribution in [0.25, 0.3) is 0 Å². The maximum atomic E-state index is 12.9. The molecule has 6 nitrogen and oxygen atoms in total. The van der Waals surface area contributed by atoms with Crippen LogP contribution in [0.4, 0.5) is 0 Å². The van der Waals surface area contributed by atoms with Crippen LogP contribution in [0.5, 0.6) is 0 Å². The molecule has 0 N–H and O–H groups in total. The molecule has 0 fully saturated rings. The predicted molar refractivity (Wildman–Crippen MR) is 361 cm³/mol. The molecule has 0 saturated carbocycles. The second kappa shape index (κ2) is 69.3.